The summed E-state index contributed by atoms with van der Waals surface area (Å²) in [5.41, 5.74) is 5.09. The summed E-state index contributed by atoms with van der Waals surface area (Å²) in [6.07, 6.45) is 9.85. The average molecular weight is 363 g/mol. The van der Waals surface area contributed by atoms with Crippen LogP contribution >= 0.6 is 0 Å². The molecule has 4 heteroatoms. The van der Waals surface area contributed by atoms with Crippen LogP contribution in [0.4, 0.5) is 5.69 Å². The van der Waals surface area contributed by atoms with Crippen molar-refractivity contribution in [2.24, 2.45) is 4.99 Å². The number of para-hydroxylation sites is 1. The van der Waals surface area contributed by atoms with Crippen molar-refractivity contribution >= 4 is 17.5 Å². The Labute approximate surface area is 160 Å². The molecule has 4 rings (SSSR count). The van der Waals surface area contributed by atoms with E-state index in [0.29, 0.717) is 0 Å². The Morgan fingerprint density at radius 1 is 1.15 bits per heavy atom. The van der Waals surface area contributed by atoms with Crippen LogP contribution in [0.3, 0.4) is 0 Å². The highest BCUT2D eigenvalue weighted by Gasteiger charge is 2.20. The summed E-state index contributed by atoms with van der Waals surface area (Å²) in [7, 11) is 1.68. The Hall–Kier alpha value is -2.59. The first-order chi connectivity index (χ1) is 13.3. The van der Waals surface area contributed by atoms with E-state index in [9.17, 15) is 5.11 Å². The quantitative estimate of drug-likeness (QED) is 0.798. The number of aliphatic imine (C=N–C) groups is 1. The number of allylic oxidation sites excluding steroid dienone is 1. The summed E-state index contributed by atoms with van der Waals surface area (Å²) in [4.78, 5) is 4.69. The molecule has 2 aromatic carbocycles. The van der Waals surface area contributed by atoms with Crippen LogP contribution in [0.25, 0.3) is 6.08 Å². The van der Waals surface area contributed by atoms with Gasteiger partial charge in [0, 0.05) is 17.7 Å². The number of benzene rings is 2. The fraction of sp³-hybridized carbons (Fsp3) is 0.348. The molecule has 0 radical (unpaired) electrons. The molecule has 1 aliphatic heterocycles. The fourth-order valence-electron chi connectivity index (χ4n) is 3.78. The molecule has 0 saturated heterocycles. The van der Waals surface area contributed by atoms with Crippen molar-refractivity contribution in [3.63, 3.8) is 0 Å². The van der Waals surface area contributed by atoms with Crippen LogP contribution in [0, 0.1) is 0 Å². The highest BCUT2D eigenvalue weighted by atomic mass is 16.5. The lowest BCUT2D eigenvalue weighted by Gasteiger charge is -2.18. The van der Waals surface area contributed by atoms with Crippen LogP contribution in [-0.2, 0) is 13.0 Å². The zero-order valence-electron chi connectivity index (χ0n) is 15.6. The number of hydrogen-bond donors (Lipinski definition) is 1. The maximum Gasteiger partial charge on any atom is 0.168 e. The maximum absolute atomic E-state index is 9.31. The van der Waals surface area contributed by atoms with Crippen LogP contribution in [0.5, 0.6) is 11.5 Å². The molecule has 0 bridgehead atoms. The van der Waals surface area contributed by atoms with Crippen LogP contribution in [0.1, 0.15) is 42.4 Å². The molecule has 1 N–H and O–H groups in total. The number of nitrogens with zero attached hydrogens (tertiary/aromatic N) is 1. The predicted octanol–water partition coefficient (Wildman–Crippen LogP) is 4.85. The number of hydrogen-bond acceptors (Lipinski definition) is 4. The lowest BCUT2D eigenvalue weighted by molar-refractivity contribution is 0.200. The summed E-state index contributed by atoms with van der Waals surface area (Å²) in [5.74, 6) is 1.59. The first-order valence-corrected chi connectivity index (χ1v) is 9.59. The van der Waals surface area contributed by atoms with Gasteiger partial charge in [0.1, 0.15) is 0 Å². The Kier molecular flexibility index (Phi) is 5.26. The van der Waals surface area contributed by atoms with E-state index >= 15 is 0 Å². The van der Waals surface area contributed by atoms with E-state index < -0.39 is 0 Å². The zero-order valence-corrected chi connectivity index (χ0v) is 15.6. The molecule has 0 unspecified atom stereocenters. The minimum Gasteiger partial charge on any atom is -0.493 e. The lowest BCUT2D eigenvalue weighted by atomic mass is 10.1. The SMILES string of the molecule is COc1cccc(/C=C/C2=Nc3ccc(CO)cc3C2)c1OC1CCCC1. The van der Waals surface area contributed by atoms with Gasteiger partial charge in [0.15, 0.2) is 11.5 Å². The smallest absolute Gasteiger partial charge is 0.168 e. The Balaban J connectivity index is 1.55. The van der Waals surface area contributed by atoms with Gasteiger partial charge in [0.25, 0.3) is 0 Å². The summed E-state index contributed by atoms with van der Waals surface area (Å²) in [6, 6.07) is 11.9. The van der Waals surface area contributed by atoms with Gasteiger partial charge < -0.3 is 14.6 Å². The van der Waals surface area contributed by atoms with E-state index in [1.165, 1.54) is 12.8 Å². The Morgan fingerprint density at radius 3 is 2.78 bits per heavy atom. The van der Waals surface area contributed by atoms with Gasteiger partial charge in [-0.15, -0.1) is 0 Å². The molecule has 1 saturated carbocycles. The second-order valence-corrected chi connectivity index (χ2v) is 7.14. The van der Waals surface area contributed by atoms with Crippen LogP contribution in [0.2, 0.25) is 0 Å². The van der Waals surface area contributed by atoms with E-state index in [4.69, 9.17) is 14.5 Å². The third-order valence-corrected chi connectivity index (χ3v) is 5.23. The third-order valence-electron chi connectivity index (χ3n) is 5.23. The van der Waals surface area contributed by atoms with Crippen molar-refractivity contribution in [3.05, 3.63) is 59.2 Å². The minimum absolute atomic E-state index is 0.0597. The second kappa shape index (κ2) is 7.97. The highest BCUT2D eigenvalue weighted by Crippen LogP contribution is 2.36. The average Bonchev–Trinajstić information content (AvgIpc) is 3.35. The Bertz CT molecular complexity index is 879. The van der Waals surface area contributed by atoms with Crippen LogP contribution in [-0.4, -0.2) is 24.0 Å². The Morgan fingerprint density at radius 2 is 2.00 bits per heavy atom. The van der Waals surface area contributed by atoms with Gasteiger partial charge in [-0.05, 0) is 61.1 Å². The van der Waals surface area contributed by atoms with Gasteiger partial charge in [0.2, 0.25) is 0 Å². The van der Waals surface area contributed by atoms with Crippen molar-refractivity contribution in [2.75, 3.05) is 7.11 Å². The topological polar surface area (TPSA) is 51.0 Å². The summed E-state index contributed by atoms with van der Waals surface area (Å²) < 4.78 is 11.8. The number of ether oxygens (including phenoxy) is 2. The van der Waals surface area contributed by atoms with Crippen LogP contribution in [0.15, 0.2) is 47.5 Å². The molecule has 140 valence electrons. The second-order valence-electron chi connectivity index (χ2n) is 7.14. The molecule has 1 fully saturated rings. The first kappa shape index (κ1) is 17.8. The van der Waals surface area contributed by atoms with E-state index in [1.54, 1.807) is 7.11 Å². The summed E-state index contributed by atoms with van der Waals surface area (Å²) in [6.45, 7) is 0.0597. The fourth-order valence-corrected chi connectivity index (χ4v) is 3.78. The molecule has 0 amide bonds. The number of aliphatic hydroxyl groups excluding tert-OH is 1. The van der Waals surface area contributed by atoms with Crippen molar-refractivity contribution in [2.45, 2.75) is 44.8 Å². The molecule has 4 nitrogen and oxygen atoms in total. The summed E-state index contributed by atoms with van der Waals surface area (Å²) in [5, 5.41) is 9.31. The molecule has 2 aliphatic rings. The highest BCUT2D eigenvalue weighted by molar-refractivity contribution is 6.04. The largest absolute Gasteiger partial charge is 0.493 e. The van der Waals surface area contributed by atoms with Gasteiger partial charge >= 0.3 is 0 Å². The van der Waals surface area contributed by atoms with Crippen LogP contribution < -0.4 is 9.47 Å². The van der Waals surface area contributed by atoms with Crippen molar-refractivity contribution < 1.29 is 14.6 Å². The molecular weight excluding hydrogens is 338 g/mol. The molecule has 0 atom stereocenters. The van der Waals surface area contributed by atoms with E-state index in [0.717, 1.165) is 58.9 Å². The number of methoxy groups -OCH3 is 1. The summed E-state index contributed by atoms with van der Waals surface area (Å²) >= 11 is 0. The van der Waals surface area contributed by atoms with Crippen molar-refractivity contribution in [1.82, 2.24) is 0 Å². The monoisotopic (exact) mass is 363 g/mol. The molecule has 0 aromatic heterocycles. The number of aliphatic hydroxyl groups is 1. The first-order valence-electron chi connectivity index (χ1n) is 9.59. The zero-order chi connectivity index (χ0) is 18.6. The number of fused-ring (bicyclic) bond motifs is 1. The van der Waals surface area contributed by atoms with Gasteiger partial charge in [-0.2, -0.15) is 0 Å². The van der Waals surface area contributed by atoms with Gasteiger partial charge in [-0.25, -0.2) is 0 Å². The molecule has 0 spiro atoms. The van der Waals surface area contributed by atoms with Crippen molar-refractivity contribution in [3.8, 4) is 11.5 Å². The number of rotatable bonds is 6. The third kappa shape index (κ3) is 3.91. The molecule has 1 aliphatic carbocycles. The predicted molar refractivity (Wildman–Crippen MR) is 108 cm³/mol. The van der Waals surface area contributed by atoms with Gasteiger partial charge in [0.05, 0.1) is 25.5 Å². The standard InChI is InChI=1S/C23H25NO3/c1-26-22-8-4-5-17(23(22)27-20-6-2-3-7-20)10-11-19-14-18-13-16(15-25)9-12-21(18)24-19/h4-5,8-13,20,25H,2-3,6-7,14-15H2,1H3/b11-10+. The van der Waals surface area contributed by atoms with E-state index in [1.807, 2.05) is 30.3 Å². The minimum atomic E-state index is 0.0597. The van der Waals surface area contributed by atoms with E-state index in [-0.39, 0.29) is 12.7 Å². The molecule has 2 aromatic rings. The van der Waals surface area contributed by atoms with Gasteiger partial charge in [-0.3, -0.25) is 4.99 Å². The normalized spacial score (nSPS) is 16.6. The maximum atomic E-state index is 9.31. The van der Waals surface area contributed by atoms with E-state index in [2.05, 4.69) is 18.2 Å². The molecule has 1 heterocycles. The lowest BCUT2D eigenvalue weighted by Crippen LogP contribution is -2.12. The molecular formula is C23H25NO3. The van der Waals surface area contributed by atoms with Crippen molar-refractivity contribution in [1.29, 1.82) is 0 Å². The van der Waals surface area contributed by atoms with Gasteiger partial charge in [-0.1, -0.05) is 24.3 Å². The molecule has 27 heavy (non-hydrogen) atoms.